The van der Waals surface area contributed by atoms with Crippen LogP contribution in [0.1, 0.15) is 37.8 Å². The van der Waals surface area contributed by atoms with Gasteiger partial charge in [-0.25, -0.2) is 0 Å². The topological polar surface area (TPSA) is 40.5 Å². The van der Waals surface area contributed by atoms with Gasteiger partial charge >= 0.3 is 5.92 Å². The molecule has 1 aromatic rings. The average molecular weight is 295 g/mol. The molecule has 1 amide bonds. The Bertz CT molecular complexity index is 542. The first-order valence-corrected chi connectivity index (χ1v) is 7.33. The van der Waals surface area contributed by atoms with Crippen LogP contribution in [-0.4, -0.2) is 34.0 Å². The highest BCUT2D eigenvalue weighted by Gasteiger charge is 2.64. The smallest absolute Gasteiger partial charge is 0.352 e. The second kappa shape index (κ2) is 4.77. The van der Waals surface area contributed by atoms with Crippen LogP contribution in [0.4, 0.5) is 8.78 Å². The maximum Gasteiger partial charge on any atom is 0.352 e. The maximum atomic E-state index is 14.3. The number of alkyl halides is 2. The van der Waals surface area contributed by atoms with Crippen LogP contribution in [-0.2, 0) is 4.79 Å². The summed E-state index contributed by atoms with van der Waals surface area (Å²) >= 11 is 0. The molecule has 2 unspecified atom stereocenters. The molecule has 114 valence electrons. The van der Waals surface area contributed by atoms with Crippen molar-refractivity contribution in [3.8, 4) is 0 Å². The van der Waals surface area contributed by atoms with Crippen molar-refractivity contribution in [1.29, 1.82) is 0 Å². The summed E-state index contributed by atoms with van der Waals surface area (Å²) in [4.78, 5) is 13.4. The van der Waals surface area contributed by atoms with Crippen LogP contribution in [0, 0.1) is 5.92 Å². The zero-order valence-electron chi connectivity index (χ0n) is 11.9. The molecule has 3 rings (SSSR count). The van der Waals surface area contributed by atoms with Crippen molar-refractivity contribution >= 4 is 5.91 Å². The summed E-state index contributed by atoms with van der Waals surface area (Å²) in [7, 11) is 0. The molecule has 1 heterocycles. The van der Waals surface area contributed by atoms with Crippen molar-refractivity contribution in [2.24, 2.45) is 5.92 Å². The molecule has 2 fully saturated rings. The molecule has 3 nitrogen and oxygen atoms in total. The van der Waals surface area contributed by atoms with Crippen molar-refractivity contribution in [2.75, 3.05) is 6.54 Å². The predicted molar refractivity (Wildman–Crippen MR) is 73.8 cm³/mol. The lowest BCUT2D eigenvalue weighted by Crippen LogP contribution is -2.65. The van der Waals surface area contributed by atoms with E-state index in [0.717, 1.165) is 5.56 Å². The number of halogens is 2. The van der Waals surface area contributed by atoms with Gasteiger partial charge < -0.3 is 10.0 Å². The Morgan fingerprint density at radius 2 is 1.95 bits per heavy atom. The molecule has 2 aliphatic rings. The van der Waals surface area contributed by atoms with Crippen LogP contribution < -0.4 is 0 Å². The Morgan fingerprint density at radius 3 is 2.43 bits per heavy atom. The third kappa shape index (κ3) is 2.06. The highest BCUT2D eigenvalue weighted by Crippen LogP contribution is 2.48. The van der Waals surface area contributed by atoms with Crippen LogP contribution in [0.5, 0.6) is 0 Å². The lowest BCUT2D eigenvalue weighted by molar-refractivity contribution is -0.230. The molecular weight excluding hydrogens is 276 g/mol. The number of nitrogens with zero attached hydrogens (tertiary/aromatic N) is 1. The second-order valence-electron chi connectivity index (χ2n) is 6.25. The third-order valence-corrected chi connectivity index (χ3v) is 4.80. The SMILES string of the molecule is CC1CN(C(=O)C(F)(F)C2(O)CCC2)C1c1ccccc1. The van der Waals surface area contributed by atoms with Crippen molar-refractivity contribution < 1.29 is 18.7 Å². The molecule has 5 heteroatoms. The predicted octanol–water partition coefficient (Wildman–Crippen LogP) is 2.76. The largest absolute Gasteiger partial charge is 0.383 e. The molecule has 1 saturated heterocycles. The molecular formula is C16H19F2NO2. The van der Waals surface area contributed by atoms with Crippen LogP contribution in [0.3, 0.4) is 0 Å². The van der Waals surface area contributed by atoms with Crippen molar-refractivity contribution in [3.05, 3.63) is 35.9 Å². The number of hydrogen-bond donors (Lipinski definition) is 1. The fraction of sp³-hybridized carbons (Fsp3) is 0.562. The lowest BCUT2D eigenvalue weighted by atomic mass is 9.74. The van der Waals surface area contributed by atoms with Gasteiger partial charge in [0.15, 0.2) is 0 Å². The Labute approximate surface area is 122 Å². The first-order chi connectivity index (χ1) is 9.87. The summed E-state index contributed by atoms with van der Waals surface area (Å²) in [6.45, 7) is 2.25. The van der Waals surface area contributed by atoms with Crippen molar-refractivity contribution in [1.82, 2.24) is 4.90 Å². The minimum absolute atomic E-state index is 0.00879. The van der Waals surface area contributed by atoms with Gasteiger partial charge in [-0.3, -0.25) is 4.79 Å². The summed E-state index contributed by atoms with van der Waals surface area (Å²) in [6, 6.07) is 8.88. The fourth-order valence-electron chi connectivity index (χ4n) is 3.27. The molecule has 0 radical (unpaired) electrons. The molecule has 1 aliphatic heterocycles. The van der Waals surface area contributed by atoms with E-state index >= 15 is 0 Å². The van der Waals surface area contributed by atoms with E-state index in [2.05, 4.69) is 0 Å². The van der Waals surface area contributed by atoms with Crippen LogP contribution in [0.2, 0.25) is 0 Å². The van der Waals surface area contributed by atoms with Crippen molar-refractivity contribution in [2.45, 2.75) is 43.8 Å². The lowest BCUT2D eigenvalue weighted by Gasteiger charge is -2.51. The minimum Gasteiger partial charge on any atom is -0.383 e. The monoisotopic (exact) mass is 295 g/mol. The Balaban J connectivity index is 1.82. The zero-order valence-corrected chi connectivity index (χ0v) is 11.9. The summed E-state index contributed by atoms with van der Waals surface area (Å²) in [5.41, 5.74) is -1.29. The third-order valence-electron chi connectivity index (χ3n) is 4.80. The van der Waals surface area contributed by atoms with E-state index in [4.69, 9.17) is 0 Å². The fourth-order valence-corrected chi connectivity index (χ4v) is 3.27. The van der Waals surface area contributed by atoms with Gasteiger partial charge in [0.05, 0.1) is 6.04 Å². The molecule has 0 bridgehead atoms. The highest BCUT2D eigenvalue weighted by atomic mass is 19.3. The number of rotatable bonds is 3. The zero-order chi connectivity index (χ0) is 15.3. The number of likely N-dealkylation sites (tertiary alicyclic amines) is 1. The minimum atomic E-state index is -3.70. The standard InChI is InChI=1S/C16H19F2NO2/c1-11-10-19(13(11)12-6-3-2-4-7-12)14(20)16(17,18)15(21)8-5-9-15/h2-4,6-7,11,13,21H,5,8-10H2,1H3. The quantitative estimate of drug-likeness (QED) is 0.931. The summed E-state index contributed by atoms with van der Waals surface area (Å²) in [5, 5.41) is 9.90. The summed E-state index contributed by atoms with van der Waals surface area (Å²) in [5.74, 6) is -4.79. The molecule has 0 aromatic heterocycles. The Kier molecular flexibility index (Phi) is 3.28. The van der Waals surface area contributed by atoms with Gasteiger partial charge in [0.1, 0.15) is 5.60 Å². The van der Waals surface area contributed by atoms with Gasteiger partial charge in [-0.2, -0.15) is 8.78 Å². The van der Waals surface area contributed by atoms with E-state index in [-0.39, 0.29) is 24.8 Å². The Morgan fingerprint density at radius 1 is 1.33 bits per heavy atom. The average Bonchev–Trinajstić information content (AvgIpc) is 2.42. The van der Waals surface area contributed by atoms with E-state index in [1.807, 2.05) is 37.3 Å². The van der Waals surface area contributed by atoms with E-state index < -0.39 is 17.4 Å². The van der Waals surface area contributed by atoms with E-state index in [1.165, 1.54) is 4.90 Å². The first-order valence-electron chi connectivity index (χ1n) is 7.33. The Hall–Kier alpha value is -1.49. The summed E-state index contributed by atoms with van der Waals surface area (Å²) < 4.78 is 28.6. The number of amides is 1. The molecule has 1 N–H and O–H groups in total. The van der Waals surface area contributed by atoms with Crippen molar-refractivity contribution in [3.63, 3.8) is 0 Å². The van der Waals surface area contributed by atoms with E-state index in [1.54, 1.807) is 0 Å². The molecule has 1 saturated carbocycles. The molecule has 1 aliphatic carbocycles. The van der Waals surface area contributed by atoms with Crippen LogP contribution in [0.25, 0.3) is 0 Å². The number of aliphatic hydroxyl groups is 1. The number of benzene rings is 1. The summed E-state index contributed by atoms with van der Waals surface area (Å²) in [6.07, 6.45) is 0.522. The van der Waals surface area contributed by atoms with E-state index in [9.17, 15) is 18.7 Å². The van der Waals surface area contributed by atoms with Gasteiger partial charge in [-0.15, -0.1) is 0 Å². The second-order valence-corrected chi connectivity index (χ2v) is 6.25. The normalized spacial score (nSPS) is 27.7. The molecule has 0 spiro atoms. The van der Waals surface area contributed by atoms with E-state index in [0.29, 0.717) is 13.0 Å². The highest BCUT2D eigenvalue weighted by molar-refractivity contribution is 5.86. The molecule has 2 atom stereocenters. The van der Waals surface area contributed by atoms with Gasteiger partial charge in [-0.05, 0) is 30.7 Å². The maximum absolute atomic E-state index is 14.3. The first kappa shape index (κ1) is 14.4. The van der Waals surface area contributed by atoms with Crippen LogP contribution >= 0.6 is 0 Å². The van der Waals surface area contributed by atoms with Gasteiger partial charge in [0.2, 0.25) is 0 Å². The van der Waals surface area contributed by atoms with Gasteiger partial charge in [0.25, 0.3) is 5.91 Å². The number of carbonyl (C=O) groups excluding carboxylic acids is 1. The number of carbonyl (C=O) groups is 1. The van der Waals surface area contributed by atoms with Gasteiger partial charge in [0, 0.05) is 6.54 Å². The van der Waals surface area contributed by atoms with Crippen LogP contribution in [0.15, 0.2) is 30.3 Å². The molecule has 21 heavy (non-hydrogen) atoms. The van der Waals surface area contributed by atoms with Gasteiger partial charge in [-0.1, -0.05) is 37.3 Å². The molecule has 1 aromatic carbocycles. The number of hydrogen-bond acceptors (Lipinski definition) is 2.